The third-order valence-electron chi connectivity index (χ3n) is 2.30. The van der Waals surface area contributed by atoms with Gasteiger partial charge >= 0.3 is 0 Å². The van der Waals surface area contributed by atoms with Gasteiger partial charge in [-0.25, -0.2) is 14.3 Å². The number of hydrogen-bond donors (Lipinski definition) is 3. The molecule has 6 nitrogen and oxygen atoms in total. The molecule has 0 saturated carbocycles. The van der Waals surface area contributed by atoms with Crippen molar-refractivity contribution >= 4 is 21.5 Å². The third kappa shape index (κ3) is 5.27. The number of benzene rings is 1. The van der Waals surface area contributed by atoms with Crippen LogP contribution in [-0.4, -0.2) is 27.2 Å². The van der Waals surface area contributed by atoms with Crippen molar-refractivity contribution < 1.29 is 8.42 Å². The molecule has 0 aliphatic rings. The molecule has 1 aromatic carbocycles. The van der Waals surface area contributed by atoms with E-state index >= 15 is 0 Å². The minimum Gasteiger partial charge on any atom is -0.325 e. The van der Waals surface area contributed by atoms with Crippen LogP contribution in [0.5, 0.6) is 0 Å². The molecule has 0 fully saturated rings. The highest BCUT2D eigenvalue weighted by molar-refractivity contribution is 7.90. The van der Waals surface area contributed by atoms with Crippen LogP contribution in [0.2, 0.25) is 0 Å². The molecule has 0 heterocycles. The van der Waals surface area contributed by atoms with E-state index in [2.05, 4.69) is 29.6 Å². The number of rotatable bonds is 4. The highest BCUT2D eigenvalue weighted by Crippen LogP contribution is 2.13. The second-order valence-corrected chi connectivity index (χ2v) is 6.66. The normalized spacial score (nSPS) is 12.6. The van der Waals surface area contributed by atoms with Gasteiger partial charge in [0.1, 0.15) is 0 Å². The molecule has 0 unspecified atom stereocenters. The summed E-state index contributed by atoms with van der Waals surface area (Å²) < 4.78 is 22.6. The first-order chi connectivity index (χ1) is 8.82. The van der Waals surface area contributed by atoms with Gasteiger partial charge in [0.05, 0.1) is 4.90 Å². The average Bonchev–Trinajstić information content (AvgIpc) is 2.33. The van der Waals surface area contributed by atoms with Crippen molar-refractivity contribution in [1.29, 1.82) is 0 Å². The minimum atomic E-state index is -3.17. The number of nitrogens with two attached hydrogens (primary N) is 1. The van der Waals surface area contributed by atoms with Gasteiger partial charge in [-0.15, -0.1) is 0 Å². The largest absolute Gasteiger partial charge is 0.325 e. The molecule has 0 aliphatic carbocycles. The number of nitrogens with zero attached hydrogens (tertiary/aromatic N) is 1. The molecule has 0 saturated heterocycles. The highest BCUT2D eigenvalue weighted by Gasteiger charge is 2.06. The van der Waals surface area contributed by atoms with Gasteiger partial charge in [0, 0.05) is 18.5 Å². The smallest absolute Gasteiger partial charge is 0.210 e. The fraction of sp³-hybridized carbons (Fsp3) is 0.417. The van der Waals surface area contributed by atoms with Crippen LogP contribution >= 0.6 is 0 Å². The first-order valence-corrected chi connectivity index (χ1v) is 7.80. The zero-order chi connectivity index (χ0) is 14.5. The molecular weight excluding hydrogens is 264 g/mol. The Morgan fingerprint density at radius 2 is 1.89 bits per heavy atom. The van der Waals surface area contributed by atoms with Gasteiger partial charge in [0.15, 0.2) is 9.84 Å². The maximum Gasteiger partial charge on any atom is 0.210 e. The van der Waals surface area contributed by atoms with Gasteiger partial charge < -0.3 is 5.32 Å². The molecule has 1 rings (SSSR count). The summed E-state index contributed by atoms with van der Waals surface area (Å²) in [6, 6.07) is 6.40. The Kier molecular flexibility index (Phi) is 5.31. The zero-order valence-electron chi connectivity index (χ0n) is 11.3. The number of nitrogens with one attached hydrogen (secondary N) is 2. The predicted molar refractivity (Wildman–Crippen MR) is 77.6 cm³/mol. The maximum absolute atomic E-state index is 11.3. The van der Waals surface area contributed by atoms with E-state index in [0.29, 0.717) is 24.1 Å². The molecule has 0 radical (unpaired) electrons. The summed E-state index contributed by atoms with van der Waals surface area (Å²) in [4.78, 5) is 4.54. The minimum absolute atomic E-state index is 0.277. The zero-order valence-corrected chi connectivity index (χ0v) is 12.2. The molecule has 0 spiro atoms. The Morgan fingerprint density at radius 3 is 2.32 bits per heavy atom. The van der Waals surface area contributed by atoms with Crippen molar-refractivity contribution in [3.63, 3.8) is 0 Å². The van der Waals surface area contributed by atoms with E-state index in [1.807, 2.05) is 0 Å². The van der Waals surface area contributed by atoms with Crippen LogP contribution in [0.1, 0.15) is 13.8 Å². The monoisotopic (exact) mass is 284 g/mol. The lowest BCUT2D eigenvalue weighted by atomic mass is 10.2. The van der Waals surface area contributed by atoms with Crippen molar-refractivity contribution in [2.45, 2.75) is 18.7 Å². The number of hydrogen-bond acceptors (Lipinski definition) is 4. The molecule has 0 amide bonds. The maximum atomic E-state index is 11.3. The summed E-state index contributed by atoms with van der Waals surface area (Å²) >= 11 is 0. The molecule has 7 heteroatoms. The Morgan fingerprint density at radius 1 is 1.32 bits per heavy atom. The summed E-state index contributed by atoms with van der Waals surface area (Å²) in [5.41, 5.74) is 3.19. The van der Waals surface area contributed by atoms with Crippen molar-refractivity contribution in [2.75, 3.05) is 18.1 Å². The highest BCUT2D eigenvalue weighted by atomic mass is 32.2. The lowest BCUT2D eigenvalue weighted by Gasteiger charge is -2.10. The quantitative estimate of drug-likeness (QED) is 0.331. The summed E-state index contributed by atoms with van der Waals surface area (Å²) in [6.07, 6.45) is 1.17. The summed E-state index contributed by atoms with van der Waals surface area (Å²) in [7, 11) is -3.17. The van der Waals surface area contributed by atoms with Gasteiger partial charge in [-0.05, 0) is 30.2 Å². The summed E-state index contributed by atoms with van der Waals surface area (Å²) in [5.74, 6) is 6.24. The molecule has 106 valence electrons. The molecule has 19 heavy (non-hydrogen) atoms. The van der Waals surface area contributed by atoms with Gasteiger partial charge in [0.2, 0.25) is 5.96 Å². The number of guanidine groups is 1. The van der Waals surface area contributed by atoms with Crippen LogP contribution < -0.4 is 16.6 Å². The molecular formula is C12H20N4O2S. The van der Waals surface area contributed by atoms with Gasteiger partial charge in [-0.3, -0.25) is 10.4 Å². The van der Waals surface area contributed by atoms with E-state index in [0.717, 1.165) is 0 Å². The summed E-state index contributed by atoms with van der Waals surface area (Å²) in [6.45, 7) is 4.75. The van der Waals surface area contributed by atoms with Crippen LogP contribution in [0, 0.1) is 5.92 Å². The topological polar surface area (TPSA) is 96.6 Å². The molecule has 0 atom stereocenters. The van der Waals surface area contributed by atoms with Crippen molar-refractivity contribution in [1.82, 2.24) is 5.43 Å². The Hall–Kier alpha value is -1.60. The van der Waals surface area contributed by atoms with E-state index < -0.39 is 9.84 Å². The first kappa shape index (κ1) is 15.5. The molecule has 0 aromatic heterocycles. The lowest BCUT2D eigenvalue weighted by molar-refractivity contribution is 0.602. The van der Waals surface area contributed by atoms with Gasteiger partial charge in [0.25, 0.3) is 0 Å². The molecule has 1 aromatic rings. The second-order valence-electron chi connectivity index (χ2n) is 4.65. The number of aliphatic imine (C=N–C) groups is 1. The van der Waals surface area contributed by atoms with Crippen molar-refractivity contribution in [2.24, 2.45) is 16.8 Å². The van der Waals surface area contributed by atoms with Crippen LogP contribution in [0.4, 0.5) is 5.69 Å². The van der Waals surface area contributed by atoms with E-state index in [-0.39, 0.29) is 4.90 Å². The van der Waals surface area contributed by atoms with Crippen LogP contribution in [0.15, 0.2) is 34.2 Å². The average molecular weight is 284 g/mol. The predicted octanol–water partition coefficient (Wildman–Crippen LogP) is 0.977. The Balaban J connectivity index is 2.79. The third-order valence-corrected chi connectivity index (χ3v) is 3.42. The van der Waals surface area contributed by atoms with Gasteiger partial charge in [-0.1, -0.05) is 13.8 Å². The Labute approximate surface area is 114 Å². The van der Waals surface area contributed by atoms with Crippen molar-refractivity contribution in [3.05, 3.63) is 24.3 Å². The SMILES string of the molecule is CC(C)CN=C(NN)Nc1ccc(S(C)(=O)=O)cc1. The summed E-state index contributed by atoms with van der Waals surface area (Å²) in [5, 5.41) is 2.98. The lowest BCUT2D eigenvalue weighted by Crippen LogP contribution is -2.36. The van der Waals surface area contributed by atoms with Gasteiger partial charge in [-0.2, -0.15) is 0 Å². The fourth-order valence-electron chi connectivity index (χ4n) is 1.32. The molecule has 0 aliphatic heterocycles. The van der Waals surface area contributed by atoms with Crippen molar-refractivity contribution in [3.8, 4) is 0 Å². The van der Waals surface area contributed by atoms with Crippen LogP contribution in [-0.2, 0) is 9.84 Å². The second kappa shape index (κ2) is 6.53. The number of sulfone groups is 1. The van der Waals surface area contributed by atoms with Crippen LogP contribution in [0.25, 0.3) is 0 Å². The van der Waals surface area contributed by atoms with E-state index in [1.54, 1.807) is 12.1 Å². The first-order valence-electron chi connectivity index (χ1n) is 5.91. The molecule has 4 N–H and O–H groups in total. The fourth-order valence-corrected chi connectivity index (χ4v) is 1.95. The molecule has 0 bridgehead atoms. The Bertz CT molecular complexity index is 535. The van der Waals surface area contributed by atoms with E-state index in [1.165, 1.54) is 18.4 Å². The number of anilines is 1. The van der Waals surface area contributed by atoms with Crippen LogP contribution in [0.3, 0.4) is 0 Å². The number of hydrazine groups is 1. The standard InChI is InChI=1S/C12H20N4O2S/c1-9(2)8-14-12(16-13)15-10-4-6-11(7-5-10)19(3,17)18/h4-7,9H,8,13H2,1-3H3,(H2,14,15,16). The van der Waals surface area contributed by atoms with E-state index in [9.17, 15) is 8.42 Å². The van der Waals surface area contributed by atoms with E-state index in [4.69, 9.17) is 5.84 Å².